The molecule has 2 aliphatic heterocycles. The average molecular weight is 503 g/mol. The number of methoxy groups -OCH3 is 1. The largest absolute Gasteiger partial charge is 0.497 e. The predicted octanol–water partition coefficient (Wildman–Crippen LogP) is 4.43. The van der Waals surface area contributed by atoms with Gasteiger partial charge in [-0.2, -0.15) is 0 Å². The minimum absolute atomic E-state index is 0.0879. The molecule has 1 aromatic heterocycles. The van der Waals surface area contributed by atoms with Crippen LogP contribution in [-0.4, -0.2) is 50.3 Å². The summed E-state index contributed by atoms with van der Waals surface area (Å²) in [5, 5.41) is 7.77. The van der Waals surface area contributed by atoms with Crippen LogP contribution >= 0.6 is 0 Å². The van der Waals surface area contributed by atoms with Gasteiger partial charge in [0.15, 0.2) is 12.4 Å². The number of amides is 1. The summed E-state index contributed by atoms with van der Waals surface area (Å²) < 4.78 is 17.0. The van der Waals surface area contributed by atoms with Crippen LogP contribution in [0, 0.1) is 12.8 Å². The normalized spacial score (nSPS) is 20.9. The lowest BCUT2D eigenvalue weighted by Crippen LogP contribution is -2.40. The van der Waals surface area contributed by atoms with Crippen molar-refractivity contribution in [2.45, 2.75) is 45.2 Å². The van der Waals surface area contributed by atoms with E-state index in [1.165, 1.54) is 24.0 Å². The third-order valence-corrected chi connectivity index (χ3v) is 7.93. The van der Waals surface area contributed by atoms with Crippen molar-refractivity contribution in [2.24, 2.45) is 5.92 Å². The molecule has 8 nitrogen and oxygen atoms in total. The fraction of sp³-hybridized carbons (Fsp3) is 0.448. The summed E-state index contributed by atoms with van der Waals surface area (Å²) in [6.07, 6.45) is 6.58. The van der Waals surface area contributed by atoms with Crippen molar-refractivity contribution >= 4 is 28.2 Å². The summed E-state index contributed by atoms with van der Waals surface area (Å²) in [6.45, 7) is 5.59. The maximum atomic E-state index is 11.7. The van der Waals surface area contributed by atoms with E-state index in [1.54, 1.807) is 7.11 Å². The van der Waals surface area contributed by atoms with Crippen LogP contribution in [0.1, 0.15) is 36.8 Å². The quantitative estimate of drug-likeness (QED) is 0.516. The number of nitrogens with zero attached hydrogens (tertiary/aromatic N) is 2. The molecule has 194 valence electrons. The molecule has 3 aromatic rings. The molecule has 0 atom stereocenters. The molecule has 1 fully saturated rings. The van der Waals surface area contributed by atoms with Crippen LogP contribution in [0.25, 0.3) is 10.9 Å². The van der Waals surface area contributed by atoms with Crippen LogP contribution in [0.5, 0.6) is 17.2 Å². The Morgan fingerprint density at radius 3 is 2.84 bits per heavy atom. The fourth-order valence-corrected chi connectivity index (χ4v) is 5.84. The van der Waals surface area contributed by atoms with E-state index in [0.29, 0.717) is 18.6 Å². The summed E-state index contributed by atoms with van der Waals surface area (Å²) >= 11 is 0. The predicted molar refractivity (Wildman–Crippen MR) is 144 cm³/mol. The van der Waals surface area contributed by atoms with E-state index in [4.69, 9.17) is 14.2 Å². The van der Waals surface area contributed by atoms with Gasteiger partial charge in [-0.05, 0) is 80.0 Å². The second kappa shape index (κ2) is 10.1. The summed E-state index contributed by atoms with van der Waals surface area (Å²) in [7, 11) is 1.70. The van der Waals surface area contributed by atoms with Crippen molar-refractivity contribution < 1.29 is 19.0 Å². The highest BCUT2D eigenvalue weighted by molar-refractivity contribution is 5.96. The number of hydrogen-bond acceptors (Lipinski definition) is 7. The molecule has 37 heavy (non-hydrogen) atoms. The Morgan fingerprint density at radius 2 is 2.00 bits per heavy atom. The number of nitrogens with one attached hydrogen (secondary N) is 2. The molecule has 0 bridgehead atoms. The molecule has 1 saturated carbocycles. The van der Waals surface area contributed by atoms with E-state index in [2.05, 4.69) is 33.5 Å². The van der Waals surface area contributed by atoms with Gasteiger partial charge in [0.25, 0.3) is 5.91 Å². The molecular formula is C29H34N4O4. The molecule has 0 saturated heterocycles. The summed E-state index contributed by atoms with van der Waals surface area (Å²) in [5.74, 6) is 3.01. The number of anilines is 2. The van der Waals surface area contributed by atoms with Gasteiger partial charge in [-0.1, -0.05) is 0 Å². The Hall–Kier alpha value is -3.52. The van der Waals surface area contributed by atoms with Gasteiger partial charge in [0.2, 0.25) is 0 Å². The van der Waals surface area contributed by atoms with Crippen LogP contribution in [0.2, 0.25) is 0 Å². The van der Waals surface area contributed by atoms with E-state index in [0.717, 1.165) is 72.0 Å². The van der Waals surface area contributed by atoms with Crippen LogP contribution in [0.15, 0.2) is 36.5 Å². The van der Waals surface area contributed by atoms with Crippen molar-refractivity contribution in [3.05, 3.63) is 47.7 Å². The van der Waals surface area contributed by atoms with Gasteiger partial charge in [0.05, 0.1) is 36.7 Å². The zero-order chi connectivity index (χ0) is 25.4. The molecule has 3 heterocycles. The number of ether oxygens (including phenoxy) is 3. The molecule has 8 heteroatoms. The van der Waals surface area contributed by atoms with Crippen molar-refractivity contribution in [2.75, 3.05) is 43.6 Å². The number of aromatic nitrogens is 1. The van der Waals surface area contributed by atoms with Crippen LogP contribution < -0.4 is 29.7 Å². The lowest BCUT2D eigenvalue weighted by atomic mass is 9.85. The van der Waals surface area contributed by atoms with Crippen molar-refractivity contribution in [1.82, 2.24) is 10.3 Å². The second-order valence-electron chi connectivity index (χ2n) is 10.4. The first-order valence-electron chi connectivity index (χ1n) is 13.2. The number of carbonyl (C=O) groups excluding carboxylic acids is 1. The van der Waals surface area contributed by atoms with Gasteiger partial charge < -0.3 is 29.7 Å². The van der Waals surface area contributed by atoms with E-state index in [1.807, 2.05) is 30.5 Å². The molecule has 0 spiro atoms. The van der Waals surface area contributed by atoms with Gasteiger partial charge in [-0.25, -0.2) is 0 Å². The van der Waals surface area contributed by atoms with Crippen molar-refractivity contribution in [3.8, 4) is 17.2 Å². The molecule has 1 amide bonds. The highest BCUT2D eigenvalue weighted by Gasteiger charge is 2.28. The summed E-state index contributed by atoms with van der Waals surface area (Å²) in [4.78, 5) is 18.8. The van der Waals surface area contributed by atoms with E-state index in [-0.39, 0.29) is 12.5 Å². The van der Waals surface area contributed by atoms with Gasteiger partial charge in [0, 0.05) is 24.5 Å². The topological polar surface area (TPSA) is 85.0 Å². The van der Waals surface area contributed by atoms with Gasteiger partial charge in [0.1, 0.15) is 18.1 Å². The van der Waals surface area contributed by atoms with Gasteiger partial charge in [-0.15, -0.1) is 0 Å². The number of aryl methyl sites for hydroxylation is 1. The lowest BCUT2D eigenvalue weighted by molar-refractivity contribution is -0.118. The monoisotopic (exact) mass is 502 g/mol. The first-order chi connectivity index (χ1) is 18.1. The Balaban J connectivity index is 1.08. The lowest BCUT2D eigenvalue weighted by Gasteiger charge is -2.37. The Labute approximate surface area is 217 Å². The maximum Gasteiger partial charge on any atom is 0.262 e. The first-order valence-corrected chi connectivity index (χ1v) is 13.2. The van der Waals surface area contributed by atoms with Gasteiger partial charge in [-0.3, -0.25) is 9.78 Å². The fourth-order valence-electron chi connectivity index (χ4n) is 5.84. The SMILES string of the molecule is COc1ccc2ncc3c(c2c1)N(CC1CCC(NCc2cc4c(cc2C)OCC(=O)N4)CC1)CCO3. The van der Waals surface area contributed by atoms with Crippen LogP contribution in [-0.2, 0) is 11.3 Å². The van der Waals surface area contributed by atoms with Crippen LogP contribution in [0.3, 0.4) is 0 Å². The third kappa shape index (κ3) is 4.90. The number of benzene rings is 2. The number of carbonyl (C=O) groups is 1. The zero-order valence-electron chi connectivity index (χ0n) is 21.5. The minimum Gasteiger partial charge on any atom is -0.497 e. The first kappa shape index (κ1) is 23.9. The molecule has 0 unspecified atom stereocenters. The van der Waals surface area contributed by atoms with E-state index >= 15 is 0 Å². The number of rotatable bonds is 6. The molecule has 1 aliphatic carbocycles. The zero-order valence-corrected chi connectivity index (χ0v) is 21.5. The Morgan fingerprint density at radius 1 is 1.14 bits per heavy atom. The maximum absolute atomic E-state index is 11.7. The molecular weight excluding hydrogens is 468 g/mol. The van der Waals surface area contributed by atoms with E-state index in [9.17, 15) is 4.79 Å². The Bertz CT molecular complexity index is 1310. The molecule has 3 aliphatic rings. The molecule has 2 N–H and O–H groups in total. The second-order valence-corrected chi connectivity index (χ2v) is 10.4. The molecule has 6 rings (SSSR count). The van der Waals surface area contributed by atoms with Gasteiger partial charge >= 0.3 is 0 Å². The number of fused-ring (bicyclic) bond motifs is 4. The standard InChI is InChI=1S/C29H34N4O4/c1-18-11-26-25(32-28(34)17-37-26)12-20(18)14-30-21-5-3-19(4-6-21)16-33-9-10-36-27-15-31-24-8-7-22(35-2)13-23(24)29(27)33/h7-8,11-13,15,19,21,30H,3-6,9-10,14,16-17H2,1-2H3,(H,32,34). The minimum atomic E-state index is -0.0973. The van der Waals surface area contributed by atoms with Crippen molar-refractivity contribution in [1.29, 1.82) is 0 Å². The Kier molecular flexibility index (Phi) is 6.50. The molecule has 0 radical (unpaired) electrons. The number of pyridine rings is 1. The molecule has 2 aromatic carbocycles. The average Bonchev–Trinajstić information content (AvgIpc) is 2.92. The van der Waals surface area contributed by atoms with Crippen LogP contribution in [0.4, 0.5) is 11.4 Å². The van der Waals surface area contributed by atoms with Crippen molar-refractivity contribution in [3.63, 3.8) is 0 Å². The number of hydrogen-bond donors (Lipinski definition) is 2. The summed E-state index contributed by atoms with van der Waals surface area (Å²) in [5.41, 5.74) is 5.27. The highest BCUT2D eigenvalue weighted by atomic mass is 16.5. The third-order valence-electron chi connectivity index (χ3n) is 7.93. The smallest absolute Gasteiger partial charge is 0.262 e. The summed E-state index contributed by atoms with van der Waals surface area (Å²) in [6, 6.07) is 10.6. The van der Waals surface area contributed by atoms with E-state index < -0.39 is 0 Å². The highest BCUT2D eigenvalue weighted by Crippen LogP contribution is 2.40.